The zero-order valence-corrected chi connectivity index (χ0v) is 21.3. The summed E-state index contributed by atoms with van der Waals surface area (Å²) in [5.41, 5.74) is 4.89. The Morgan fingerprint density at radius 2 is 0.969 bits per heavy atom. The second-order valence-corrected chi connectivity index (χ2v) is 11.2. The summed E-state index contributed by atoms with van der Waals surface area (Å²) in [6.07, 6.45) is 0. The summed E-state index contributed by atoms with van der Waals surface area (Å²) in [6, 6.07) is 39.3. The van der Waals surface area contributed by atoms with Crippen molar-refractivity contribution in [3.05, 3.63) is 132 Å². The topological polar surface area (TPSA) is 12.0 Å². The summed E-state index contributed by atoms with van der Waals surface area (Å²) in [4.78, 5) is 0. The molecule has 1 N–H and O–H groups in total. The smallest absolute Gasteiger partial charge is 0.138 e. The van der Waals surface area contributed by atoms with Crippen molar-refractivity contribution in [1.29, 1.82) is 0 Å². The van der Waals surface area contributed by atoms with Crippen LogP contribution in [-0.4, -0.2) is 0 Å². The molecule has 1 nitrogen and oxygen atoms in total. The van der Waals surface area contributed by atoms with Crippen LogP contribution in [-0.2, 0) is 0 Å². The summed E-state index contributed by atoms with van der Waals surface area (Å²) in [6.45, 7) is 6.52. The molecule has 0 fully saturated rings. The predicted octanol–water partition coefficient (Wildman–Crippen LogP) is 3.57. The molecule has 0 bridgehead atoms. The quantitative estimate of drug-likeness (QED) is 0.398. The second-order valence-electron chi connectivity index (χ2n) is 7.93. The first-order valence-corrected chi connectivity index (χ1v) is 12.6. The molecular formula is C29H29BrNP. The van der Waals surface area contributed by atoms with Gasteiger partial charge in [-0.15, -0.1) is 0 Å². The lowest BCUT2D eigenvalue weighted by molar-refractivity contribution is -0.00000620. The van der Waals surface area contributed by atoms with E-state index in [1.807, 2.05) is 0 Å². The first-order valence-electron chi connectivity index (χ1n) is 10.7. The highest BCUT2D eigenvalue weighted by molar-refractivity contribution is 7.98. The number of nitrogens with one attached hydrogen (secondary N) is 1. The Labute approximate surface area is 203 Å². The first kappa shape index (κ1) is 24.0. The van der Waals surface area contributed by atoms with Crippen molar-refractivity contribution in [2.45, 2.75) is 20.8 Å². The van der Waals surface area contributed by atoms with Gasteiger partial charge in [0, 0.05) is 11.4 Å². The summed E-state index contributed by atoms with van der Waals surface area (Å²) in [7, 11) is -2.00. The zero-order chi connectivity index (χ0) is 21.7. The van der Waals surface area contributed by atoms with E-state index in [1.165, 1.54) is 38.4 Å². The molecule has 4 rings (SSSR count). The van der Waals surface area contributed by atoms with Gasteiger partial charge in [0.05, 0.1) is 5.82 Å². The van der Waals surface area contributed by atoms with E-state index in [4.69, 9.17) is 0 Å². The summed E-state index contributed by atoms with van der Waals surface area (Å²) in [5, 5.41) is 7.80. The molecule has 0 saturated heterocycles. The number of anilines is 1. The highest BCUT2D eigenvalue weighted by atomic mass is 79.9. The van der Waals surface area contributed by atoms with Gasteiger partial charge in [-0.1, -0.05) is 72.8 Å². The monoisotopic (exact) mass is 501 g/mol. The molecule has 0 saturated carbocycles. The Kier molecular flexibility index (Phi) is 8.07. The molecule has 0 radical (unpaired) electrons. The van der Waals surface area contributed by atoms with Gasteiger partial charge >= 0.3 is 0 Å². The molecule has 0 aliphatic rings. The minimum absolute atomic E-state index is 0. The fourth-order valence-electron chi connectivity index (χ4n) is 4.19. The van der Waals surface area contributed by atoms with E-state index in [0.29, 0.717) is 0 Å². The Morgan fingerprint density at radius 3 is 1.34 bits per heavy atom. The number of allylic oxidation sites excluding steroid dienone is 1. The van der Waals surface area contributed by atoms with Crippen molar-refractivity contribution in [3.8, 4) is 0 Å². The van der Waals surface area contributed by atoms with Crippen molar-refractivity contribution in [3.63, 3.8) is 0 Å². The van der Waals surface area contributed by atoms with Crippen LogP contribution in [0.1, 0.15) is 18.1 Å². The average molecular weight is 502 g/mol. The predicted molar refractivity (Wildman–Crippen MR) is 138 cm³/mol. The largest absolute Gasteiger partial charge is 1.00 e. The number of halogens is 1. The summed E-state index contributed by atoms with van der Waals surface area (Å²) >= 11 is 0. The number of hydrogen-bond acceptors (Lipinski definition) is 1. The molecule has 4 aromatic rings. The Morgan fingerprint density at radius 1 is 0.594 bits per heavy atom. The van der Waals surface area contributed by atoms with Crippen LogP contribution in [0.15, 0.2) is 121 Å². The van der Waals surface area contributed by atoms with Crippen LogP contribution in [0.4, 0.5) is 5.69 Å². The number of rotatable bonds is 6. The fraction of sp³-hybridized carbons (Fsp3) is 0.103. The molecule has 162 valence electrons. The van der Waals surface area contributed by atoms with Crippen LogP contribution in [0.2, 0.25) is 0 Å². The SMILES string of the molecule is C/C(=C\[P+](c1ccccc1)(c1ccccc1)c1ccccc1)Nc1c(C)cccc1C.[Br-]. The number of hydrogen-bond donors (Lipinski definition) is 1. The molecule has 0 heterocycles. The Hall–Kier alpha value is -2.67. The van der Waals surface area contributed by atoms with E-state index >= 15 is 0 Å². The highest BCUT2D eigenvalue weighted by Crippen LogP contribution is 2.57. The summed E-state index contributed by atoms with van der Waals surface area (Å²) < 4.78 is 0. The van der Waals surface area contributed by atoms with Crippen molar-refractivity contribution >= 4 is 28.9 Å². The van der Waals surface area contributed by atoms with Crippen LogP contribution in [0.3, 0.4) is 0 Å². The average Bonchev–Trinajstić information content (AvgIpc) is 2.82. The molecule has 0 aliphatic carbocycles. The van der Waals surface area contributed by atoms with Crippen molar-refractivity contribution < 1.29 is 17.0 Å². The molecule has 0 spiro atoms. The van der Waals surface area contributed by atoms with Crippen molar-refractivity contribution in [1.82, 2.24) is 0 Å². The van der Waals surface area contributed by atoms with Gasteiger partial charge in [-0.3, -0.25) is 0 Å². The van der Waals surface area contributed by atoms with Gasteiger partial charge in [-0.25, -0.2) is 0 Å². The van der Waals surface area contributed by atoms with Gasteiger partial charge in [0.25, 0.3) is 0 Å². The normalized spacial score (nSPS) is 11.5. The lowest BCUT2D eigenvalue weighted by Gasteiger charge is -2.25. The lowest BCUT2D eigenvalue weighted by Crippen LogP contribution is -3.00. The van der Waals surface area contributed by atoms with E-state index in [9.17, 15) is 0 Å². The molecule has 32 heavy (non-hydrogen) atoms. The number of benzene rings is 4. The lowest BCUT2D eigenvalue weighted by atomic mass is 10.1. The van der Waals surface area contributed by atoms with Crippen LogP contribution < -0.4 is 38.2 Å². The molecule has 3 heteroatoms. The molecule has 0 amide bonds. The van der Waals surface area contributed by atoms with Crippen LogP contribution >= 0.6 is 7.26 Å². The third-order valence-electron chi connectivity index (χ3n) is 5.68. The number of aryl methyl sites for hydroxylation is 2. The zero-order valence-electron chi connectivity index (χ0n) is 18.8. The minimum Gasteiger partial charge on any atom is -1.00 e. The highest BCUT2D eigenvalue weighted by Gasteiger charge is 2.43. The van der Waals surface area contributed by atoms with E-state index in [1.54, 1.807) is 0 Å². The van der Waals surface area contributed by atoms with Crippen LogP contribution in [0, 0.1) is 13.8 Å². The third-order valence-corrected chi connectivity index (χ3v) is 9.79. The third kappa shape index (κ3) is 4.88. The van der Waals surface area contributed by atoms with E-state index in [2.05, 4.69) is 141 Å². The van der Waals surface area contributed by atoms with Crippen LogP contribution in [0.5, 0.6) is 0 Å². The van der Waals surface area contributed by atoms with Gasteiger partial charge in [0.15, 0.2) is 0 Å². The molecule has 0 aromatic heterocycles. The van der Waals surface area contributed by atoms with Gasteiger partial charge in [0.1, 0.15) is 23.2 Å². The first-order chi connectivity index (χ1) is 15.1. The molecule has 0 unspecified atom stereocenters. The van der Waals surface area contributed by atoms with Crippen molar-refractivity contribution in [2.75, 3.05) is 5.32 Å². The van der Waals surface area contributed by atoms with Gasteiger partial charge in [0.2, 0.25) is 0 Å². The molecule has 0 atom stereocenters. The molecule has 4 aromatic carbocycles. The Bertz CT molecular complexity index is 1050. The summed E-state index contributed by atoms with van der Waals surface area (Å²) in [5.74, 6) is 2.48. The standard InChI is InChI=1S/C29H29NP.BrH/c1-23-14-13-15-24(2)29(23)30-25(3)22-31(26-16-7-4-8-17-26,27-18-9-5-10-19-27)28-20-11-6-12-21-28;/h4-22,30H,1-3H3;1H/q+1;/p-1/b25-22+;. The Balaban J connectivity index is 0.00000289. The maximum Gasteiger partial charge on any atom is 0.138 e. The maximum atomic E-state index is 3.73. The van der Waals surface area contributed by atoms with E-state index in [-0.39, 0.29) is 17.0 Å². The molecule has 0 aliphatic heterocycles. The molecular weight excluding hydrogens is 473 g/mol. The van der Waals surface area contributed by atoms with Crippen LogP contribution in [0.25, 0.3) is 0 Å². The maximum absolute atomic E-state index is 3.73. The second kappa shape index (κ2) is 10.8. The van der Waals surface area contributed by atoms with Gasteiger partial charge in [-0.05, 0) is 68.3 Å². The van der Waals surface area contributed by atoms with Gasteiger partial charge < -0.3 is 22.3 Å². The number of para-hydroxylation sites is 1. The van der Waals surface area contributed by atoms with Crippen molar-refractivity contribution in [2.24, 2.45) is 0 Å². The minimum atomic E-state index is -2.00. The van der Waals surface area contributed by atoms with Gasteiger partial charge in [-0.2, -0.15) is 0 Å². The van der Waals surface area contributed by atoms with E-state index < -0.39 is 7.26 Å². The fourth-order valence-corrected chi connectivity index (χ4v) is 8.11. The van der Waals surface area contributed by atoms with E-state index in [0.717, 1.165) is 0 Å².